The number of aromatic hydroxyl groups is 1. The van der Waals surface area contributed by atoms with Crippen molar-refractivity contribution in [2.45, 2.75) is 38.3 Å². The summed E-state index contributed by atoms with van der Waals surface area (Å²) in [5, 5.41) is 13.2. The minimum absolute atomic E-state index is 0.194. The predicted octanol–water partition coefficient (Wildman–Crippen LogP) is 2.54. The van der Waals surface area contributed by atoms with Gasteiger partial charge in [-0.25, -0.2) is 0 Å². The first-order chi connectivity index (χ1) is 9.61. The average Bonchev–Trinajstić information content (AvgIpc) is 2.48. The number of phenols is 1. The standard InChI is InChI=1S/C16H26N2O2/c1-12(13-7-8-15(19)16(10-13)20-3)18(2)11-14-6-4-5-9-17-14/h7-8,10,12,14,17,19H,4-6,9,11H2,1-3H3. The van der Waals surface area contributed by atoms with Gasteiger partial charge in [-0.15, -0.1) is 0 Å². The van der Waals surface area contributed by atoms with E-state index in [0.29, 0.717) is 17.8 Å². The molecule has 0 amide bonds. The molecule has 1 aromatic carbocycles. The van der Waals surface area contributed by atoms with Crippen LogP contribution >= 0.6 is 0 Å². The number of nitrogens with zero attached hydrogens (tertiary/aromatic N) is 1. The first kappa shape index (κ1) is 15.1. The summed E-state index contributed by atoms with van der Waals surface area (Å²) >= 11 is 0. The molecule has 0 spiro atoms. The van der Waals surface area contributed by atoms with E-state index in [0.717, 1.165) is 18.7 Å². The molecular formula is C16H26N2O2. The Kier molecular flexibility index (Phi) is 5.26. The van der Waals surface area contributed by atoms with Gasteiger partial charge in [-0.3, -0.25) is 4.90 Å². The molecule has 1 aliphatic rings. The second-order valence-electron chi connectivity index (χ2n) is 5.69. The number of phenolic OH excluding ortho intramolecular Hbond substituents is 1. The molecule has 0 radical (unpaired) electrons. The van der Waals surface area contributed by atoms with Gasteiger partial charge in [0.15, 0.2) is 11.5 Å². The van der Waals surface area contributed by atoms with Crippen LogP contribution in [0.25, 0.3) is 0 Å². The molecule has 2 unspecified atom stereocenters. The molecule has 2 N–H and O–H groups in total. The summed E-state index contributed by atoms with van der Waals surface area (Å²) < 4.78 is 5.18. The Morgan fingerprint density at radius 2 is 2.25 bits per heavy atom. The van der Waals surface area contributed by atoms with Gasteiger partial charge in [0.1, 0.15) is 0 Å². The maximum absolute atomic E-state index is 9.67. The summed E-state index contributed by atoms with van der Waals surface area (Å²) in [7, 11) is 3.74. The first-order valence-electron chi connectivity index (χ1n) is 7.42. The molecular weight excluding hydrogens is 252 g/mol. The summed E-state index contributed by atoms with van der Waals surface area (Å²) in [6.07, 6.45) is 3.88. The lowest BCUT2D eigenvalue weighted by molar-refractivity contribution is 0.214. The molecule has 4 heteroatoms. The van der Waals surface area contributed by atoms with Crippen LogP contribution in [0.4, 0.5) is 0 Å². The van der Waals surface area contributed by atoms with Gasteiger partial charge in [0, 0.05) is 18.6 Å². The van der Waals surface area contributed by atoms with E-state index < -0.39 is 0 Å². The smallest absolute Gasteiger partial charge is 0.160 e. The van der Waals surface area contributed by atoms with Gasteiger partial charge in [-0.2, -0.15) is 0 Å². The van der Waals surface area contributed by atoms with E-state index in [2.05, 4.69) is 24.2 Å². The van der Waals surface area contributed by atoms with Crippen molar-refractivity contribution in [2.75, 3.05) is 27.2 Å². The third-order valence-corrected chi connectivity index (χ3v) is 4.27. The topological polar surface area (TPSA) is 44.7 Å². The zero-order chi connectivity index (χ0) is 14.5. The number of rotatable bonds is 5. The van der Waals surface area contributed by atoms with Gasteiger partial charge in [0.25, 0.3) is 0 Å². The van der Waals surface area contributed by atoms with Crippen molar-refractivity contribution in [3.05, 3.63) is 23.8 Å². The largest absolute Gasteiger partial charge is 0.504 e. The van der Waals surface area contributed by atoms with Gasteiger partial charge < -0.3 is 15.2 Å². The van der Waals surface area contributed by atoms with E-state index in [-0.39, 0.29) is 5.75 Å². The highest BCUT2D eigenvalue weighted by molar-refractivity contribution is 5.42. The SMILES string of the molecule is COc1cc(C(C)N(C)CC2CCCCN2)ccc1O. The fourth-order valence-corrected chi connectivity index (χ4v) is 2.79. The molecule has 1 fully saturated rings. The Balaban J connectivity index is 2.00. The lowest BCUT2D eigenvalue weighted by Gasteiger charge is -2.32. The summed E-state index contributed by atoms with van der Waals surface area (Å²) in [6.45, 7) is 4.37. The van der Waals surface area contributed by atoms with Gasteiger partial charge in [0.05, 0.1) is 7.11 Å². The Hall–Kier alpha value is -1.26. The number of piperidine rings is 1. The zero-order valence-corrected chi connectivity index (χ0v) is 12.7. The predicted molar refractivity (Wildman–Crippen MR) is 81.3 cm³/mol. The maximum Gasteiger partial charge on any atom is 0.160 e. The Morgan fingerprint density at radius 3 is 2.90 bits per heavy atom. The minimum atomic E-state index is 0.194. The molecule has 1 aromatic rings. The Labute approximate surface area is 121 Å². The second-order valence-corrected chi connectivity index (χ2v) is 5.69. The summed E-state index contributed by atoms with van der Waals surface area (Å²) in [5.41, 5.74) is 1.16. The van der Waals surface area contributed by atoms with E-state index in [9.17, 15) is 5.11 Å². The molecule has 0 bridgehead atoms. The highest BCUT2D eigenvalue weighted by atomic mass is 16.5. The van der Waals surface area contributed by atoms with Crippen LogP contribution in [0.1, 0.15) is 37.8 Å². The van der Waals surface area contributed by atoms with Crippen LogP contribution in [0.2, 0.25) is 0 Å². The number of hydrogen-bond donors (Lipinski definition) is 2. The fraction of sp³-hybridized carbons (Fsp3) is 0.625. The summed E-state index contributed by atoms with van der Waals surface area (Å²) in [4.78, 5) is 2.36. The molecule has 2 atom stereocenters. The van der Waals surface area contributed by atoms with Crippen molar-refractivity contribution in [2.24, 2.45) is 0 Å². The van der Waals surface area contributed by atoms with Crippen molar-refractivity contribution in [1.29, 1.82) is 0 Å². The molecule has 0 saturated carbocycles. The van der Waals surface area contributed by atoms with Crippen molar-refractivity contribution in [3.8, 4) is 11.5 Å². The van der Waals surface area contributed by atoms with Crippen LogP contribution < -0.4 is 10.1 Å². The van der Waals surface area contributed by atoms with Gasteiger partial charge >= 0.3 is 0 Å². The highest BCUT2D eigenvalue weighted by Crippen LogP contribution is 2.30. The summed E-state index contributed by atoms with van der Waals surface area (Å²) in [5.74, 6) is 0.735. The van der Waals surface area contributed by atoms with E-state index in [1.54, 1.807) is 13.2 Å². The van der Waals surface area contributed by atoms with E-state index in [4.69, 9.17) is 4.74 Å². The van der Waals surface area contributed by atoms with Crippen molar-refractivity contribution in [1.82, 2.24) is 10.2 Å². The van der Waals surface area contributed by atoms with Crippen LogP contribution in [0.3, 0.4) is 0 Å². The average molecular weight is 278 g/mol. The molecule has 112 valence electrons. The molecule has 1 saturated heterocycles. The van der Waals surface area contributed by atoms with Gasteiger partial charge in [0.2, 0.25) is 0 Å². The fourth-order valence-electron chi connectivity index (χ4n) is 2.79. The number of benzene rings is 1. The van der Waals surface area contributed by atoms with Crippen LogP contribution in [-0.2, 0) is 0 Å². The van der Waals surface area contributed by atoms with Crippen molar-refractivity contribution < 1.29 is 9.84 Å². The molecule has 20 heavy (non-hydrogen) atoms. The minimum Gasteiger partial charge on any atom is -0.504 e. The third-order valence-electron chi connectivity index (χ3n) is 4.27. The number of ether oxygens (including phenoxy) is 1. The zero-order valence-electron chi connectivity index (χ0n) is 12.7. The molecule has 1 aliphatic heterocycles. The van der Waals surface area contributed by atoms with Crippen LogP contribution in [0, 0.1) is 0 Å². The molecule has 1 heterocycles. The van der Waals surface area contributed by atoms with Crippen molar-refractivity contribution >= 4 is 0 Å². The van der Waals surface area contributed by atoms with Crippen LogP contribution in [0.5, 0.6) is 11.5 Å². The molecule has 0 aromatic heterocycles. The second kappa shape index (κ2) is 6.95. The van der Waals surface area contributed by atoms with E-state index >= 15 is 0 Å². The normalized spacial score (nSPS) is 20.9. The van der Waals surface area contributed by atoms with Crippen molar-refractivity contribution in [3.63, 3.8) is 0 Å². The number of hydrogen-bond acceptors (Lipinski definition) is 4. The first-order valence-corrected chi connectivity index (χ1v) is 7.42. The Morgan fingerprint density at radius 1 is 1.45 bits per heavy atom. The summed E-state index contributed by atoms with van der Waals surface area (Å²) in [6, 6.07) is 6.48. The number of nitrogens with one attached hydrogen (secondary N) is 1. The number of methoxy groups -OCH3 is 1. The van der Waals surface area contributed by atoms with Gasteiger partial charge in [-0.05, 0) is 51.1 Å². The molecule has 2 rings (SSSR count). The van der Waals surface area contributed by atoms with E-state index in [1.807, 2.05) is 12.1 Å². The molecule has 4 nitrogen and oxygen atoms in total. The quantitative estimate of drug-likeness (QED) is 0.869. The lowest BCUT2D eigenvalue weighted by Crippen LogP contribution is -2.43. The van der Waals surface area contributed by atoms with Crippen LogP contribution in [0.15, 0.2) is 18.2 Å². The third kappa shape index (κ3) is 3.64. The van der Waals surface area contributed by atoms with Crippen LogP contribution in [-0.4, -0.2) is 43.3 Å². The Bertz CT molecular complexity index is 430. The van der Waals surface area contributed by atoms with E-state index in [1.165, 1.54) is 19.3 Å². The highest BCUT2D eigenvalue weighted by Gasteiger charge is 2.19. The lowest BCUT2D eigenvalue weighted by atomic mass is 10.0. The maximum atomic E-state index is 9.67. The monoisotopic (exact) mass is 278 g/mol. The molecule has 0 aliphatic carbocycles. The number of likely N-dealkylation sites (N-methyl/N-ethyl adjacent to an activating group) is 1. The van der Waals surface area contributed by atoms with Gasteiger partial charge in [-0.1, -0.05) is 12.5 Å².